The van der Waals surface area contributed by atoms with Gasteiger partial charge < -0.3 is 15.3 Å². The van der Waals surface area contributed by atoms with E-state index >= 15 is 0 Å². The first-order valence-corrected chi connectivity index (χ1v) is 6.88. The van der Waals surface area contributed by atoms with Crippen LogP contribution in [-0.4, -0.2) is 18.6 Å². The minimum atomic E-state index is -0.261. The van der Waals surface area contributed by atoms with Crippen LogP contribution in [0.15, 0.2) is 48.8 Å². The lowest BCUT2D eigenvalue weighted by Gasteiger charge is -2.25. The molecule has 1 aromatic carbocycles. The Hall–Kier alpha value is -2.40. The maximum absolute atomic E-state index is 12.0. The maximum Gasteiger partial charge on any atom is 0.257 e. The fraction of sp³-hybridized carbons (Fsp3) is 0.250. The summed E-state index contributed by atoms with van der Waals surface area (Å²) in [5, 5.41) is 14.0. The summed E-state index contributed by atoms with van der Waals surface area (Å²) in [4.78, 5) is 12.0. The zero-order chi connectivity index (χ0) is 14.7. The van der Waals surface area contributed by atoms with Crippen LogP contribution in [0.4, 0.5) is 0 Å². The zero-order valence-electron chi connectivity index (χ0n) is 11.5. The van der Waals surface area contributed by atoms with Gasteiger partial charge >= 0.3 is 0 Å². The molecule has 0 saturated carbocycles. The number of aromatic nitrogens is 1. The monoisotopic (exact) mass is 284 g/mol. The smallest absolute Gasteiger partial charge is 0.257 e. The van der Waals surface area contributed by atoms with Crippen molar-refractivity contribution in [2.24, 2.45) is 0 Å². The van der Waals surface area contributed by atoms with Crippen molar-refractivity contribution < 1.29 is 14.3 Å². The van der Waals surface area contributed by atoms with Gasteiger partial charge in [0.15, 0.2) is 12.4 Å². The number of fused-ring (bicyclic) bond motifs is 1. The summed E-state index contributed by atoms with van der Waals surface area (Å²) in [7, 11) is 0. The summed E-state index contributed by atoms with van der Waals surface area (Å²) in [6.45, 7) is 1.00. The van der Waals surface area contributed by atoms with E-state index in [4.69, 9.17) is 4.74 Å². The van der Waals surface area contributed by atoms with Crippen LogP contribution in [0.2, 0.25) is 0 Å². The Kier molecular flexibility index (Phi) is 3.83. The summed E-state index contributed by atoms with van der Waals surface area (Å²) in [6.07, 6.45) is 3.35. The first kappa shape index (κ1) is 13.6. The molecule has 1 N–H and O–H groups in total. The quantitative estimate of drug-likeness (QED) is 0.680. The number of carbonyl (C=O) groups excluding carboxylic acids is 1. The number of amides is 1. The number of carbonyl (C=O) groups is 1. The number of nitrogens with zero attached hydrogens (tertiary/aromatic N) is 1. The van der Waals surface area contributed by atoms with Gasteiger partial charge in [-0.05, 0) is 17.2 Å². The van der Waals surface area contributed by atoms with Crippen LogP contribution in [0.5, 0.6) is 0 Å². The van der Waals surface area contributed by atoms with Gasteiger partial charge in [-0.25, -0.2) is 0 Å². The van der Waals surface area contributed by atoms with Crippen LogP contribution >= 0.6 is 0 Å². The van der Waals surface area contributed by atoms with Crippen molar-refractivity contribution in [2.75, 3.05) is 6.54 Å². The second-order valence-electron chi connectivity index (χ2n) is 5.07. The summed E-state index contributed by atoms with van der Waals surface area (Å²) < 4.78 is 6.35. The van der Waals surface area contributed by atoms with Gasteiger partial charge in [0.2, 0.25) is 0 Å². The third-order valence-corrected chi connectivity index (χ3v) is 3.57. The average Bonchev–Trinajstić information content (AvgIpc) is 2.52. The van der Waals surface area contributed by atoms with Crippen molar-refractivity contribution in [3.63, 3.8) is 0 Å². The van der Waals surface area contributed by atoms with Crippen molar-refractivity contribution >= 4 is 5.91 Å². The highest BCUT2D eigenvalue weighted by Crippen LogP contribution is 2.19. The largest absolute Gasteiger partial charge is 0.619 e. The van der Waals surface area contributed by atoms with E-state index in [2.05, 4.69) is 17.4 Å². The highest BCUT2D eigenvalue weighted by molar-refractivity contribution is 5.93. The Balaban J connectivity index is 1.58. The highest BCUT2D eigenvalue weighted by atomic mass is 16.5. The summed E-state index contributed by atoms with van der Waals surface area (Å²) >= 11 is 0. The average molecular weight is 284 g/mol. The van der Waals surface area contributed by atoms with Crippen LogP contribution in [0.3, 0.4) is 0 Å². The number of rotatable bonds is 3. The van der Waals surface area contributed by atoms with Gasteiger partial charge in [0, 0.05) is 19.0 Å². The van der Waals surface area contributed by atoms with Crippen molar-refractivity contribution in [1.82, 2.24) is 5.32 Å². The summed E-state index contributed by atoms with van der Waals surface area (Å²) in [5.41, 5.74) is 2.82. The second kappa shape index (κ2) is 5.93. The Morgan fingerprint density at radius 2 is 2.10 bits per heavy atom. The molecule has 0 aliphatic carbocycles. The van der Waals surface area contributed by atoms with E-state index in [1.807, 2.05) is 12.1 Å². The molecule has 0 radical (unpaired) electrons. The van der Waals surface area contributed by atoms with E-state index in [-0.39, 0.29) is 12.0 Å². The maximum atomic E-state index is 12.0. The third-order valence-electron chi connectivity index (χ3n) is 3.57. The Labute approximate surface area is 122 Å². The number of ether oxygens (including phenoxy) is 1. The van der Waals surface area contributed by atoms with Gasteiger partial charge in [0.25, 0.3) is 5.91 Å². The van der Waals surface area contributed by atoms with Gasteiger partial charge in [-0.15, -0.1) is 0 Å². The van der Waals surface area contributed by atoms with Gasteiger partial charge in [0.05, 0.1) is 12.7 Å². The van der Waals surface area contributed by atoms with Crippen molar-refractivity contribution in [3.05, 3.63) is 70.7 Å². The standard InChI is InChI=1S/C16H16N2O3/c19-16(13-6-3-7-18(20)10-13)17-9-15-8-12-4-1-2-5-14(12)11-21-15/h1-7,10,15H,8-9,11H2,(H,17,19). The van der Waals surface area contributed by atoms with E-state index < -0.39 is 0 Å². The molecule has 108 valence electrons. The molecular formula is C16H16N2O3. The molecular weight excluding hydrogens is 268 g/mol. The molecule has 1 atom stereocenters. The molecule has 0 spiro atoms. The number of hydrogen-bond donors (Lipinski definition) is 1. The molecule has 1 aromatic heterocycles. The number of hydrogen-bond acceptors (Lipinski definition) is 3. The second-order valence-corrected chi connectivity index (χ2v) is 5.07. The Morgan fingerprint density at radius 1 is 1.29 bits per heavy atom. The van der Waals surface area contributed by atoms with E-state index in [1.54, 1.807) is 12.1 Å². The molecule has 2 aromatic rings. The van der Waals surface area contributed by atoms with Gasteiger partial charge in [-0.2, -0.15) is 4.73 Å². The van der Waals surface area contributed by atoms with Crippen LogP contribution in [0, 0.1) is 5.21 Å². The Bertz CT molecular complexity index is 657. The minimum absolute atomic E-state index is 0.0352. The highest BCUT2D eigenvalue weighted by Gasteiger charge is 2.19. The van der Waals surface area contributed by atoms with E-state index in [1.165, 1.54) is 23.5 Å². The van der Waals surface area contributed by atoms with E-state index in [9.17, 15) is 10.0 Å². The predicted molar refractivity (Wildman–Crippen MR) is 76.5 cm³/mol. The van der Waals surface area contributed by atoms with Crippen LogP contribution < -0.4 is 10.0 Å². The molecule has 1 amide bonds. The van der Waals surface area contributed by atoms with Gasteiger partial charge in [-0.1, -0.05) is 24.3 Å². The Morgan fingerprint density at radius 3 is 2.90 bits per heavy atom. The van der Waals surface area contributed by atoms with Gasteiger partial charge in [-0.3, -0.25) is 4.79 Å². The molecule has 0 bridgehead atoms. The fourth-order valence-corrected chi connectivity index (χ4v) is 2.44. The lowest BCUT2D eigenvalue weighted by Crippen LogP contribution is -2.37. The van der Waals surface area contributed by atoms with Crippen LogP contribution in [0.25, 0.3) is 0 Å². The number of pyridine rings is 1. The van der Waals surface area contributed by atoms with Crippen molar-refractivity contribution in [1.29, 1.82) is 0 Å². The number of benzene rings is 1. The minimum Gasteiger partial charge on any atom is -0.619 e. The van der Waals surface area contributed by atoms with Crippen LogP contribution in [-0.2, 0) is 17.8 Å². The summed E-state index contributed by atoms with van der Waals surface area (Å²) in [6, 6.07) is 11.3. The van der Waals surface area contributed by atoms with E-state index in [0.717, 1.165) is 6.42 Å². The van der Waals surface area contributed by atoms with E-state index in [0.29, 0.717) is 23.4 Å². The molecule has 0 fully saturated rings. The normalized spacial score (nSPS) is 17.0. The molecule has 5 heteroatoms. The number of nitrogens with one attached hydrogen (secondary N) is 1. The van der Waals surface area contributed by atoms with Crippen molar-refractivity contribution in [3.8, 4) is 0 Å². The topological polar surface area (TPSA) is 65.3 Å². The third kappa shape index (κ3) is 3.20. The fourth-order valence-electron chi connectivity index (χ4n) is 2.44. The lowest BCUT2D eigenvalue weighted by atomic mass is 9.99. The molecule has 3 rings (SSSR count). The predicted octanol–water partition coefficient (Wildman–Crippen LogP) is 1.19. The molecule has 1 aliphatic heterocycles. The first-order valence-electron chi connectivity index (χ1n) is 6.88. The molecule has 2 heterocycles. The molecule has 1 unspecified atom stereocenters. The SMILES string of the molecule is O=C(NCC1Cc2ccccc2CO1)c1ccc[n+]([O-])c1. The van der Waals surface area contributed by atoms with Crippen molar-refractivity contribution in [2.45, 2.75) is 19.1 Å². The lowest BCUT2D eigenvalue weighted by molar-refractivity contribution is -0.605. The van der Waals surface area contributed by atoms with Crippen LogP contribution in [0.1, 0.15) is 21.5 Å². The summed E-state index contributed by atoms with van der Waals surface area (Å²) in [5.74, 6) is -0.261. The molecule has 21 heavy (non-hydrogen) atoms. The van der Waals surface area contributed by atoms with Gasteiger partial charge in [0.1, 0.15) is 5.56 Å². The first-order chi connectivity index (χ1) is 10.2. The molecule has 0 saturated heterocycles. The molecule has 1 aliphatic rings. The molecule has 5 nitrogen and oxygen atoms in total. The zero-order valence-corrected chi connectivity index (χ0v) is 11.5.